The Morgan fingerprint density at radius 2 is 1.65 bits per heavy atom. The van der Waals surface area contributed by atoms with Crippen LogP contribution >= 0.6 is 24.0 Å². The SMILES string of the molecule is CCCCn1c(N2CCN(c3ccc(F)cc3)CC2)c(C=C2SC(=S)N(Cc3ccc(C)cc3)C2=O)c(C)c(C#N)c1=O. The minimum absolute atomic E-state index is 0.0891. The number of nitrogens with zero attached hydrogens (tertiary/aromatic N) is 5. The number of halogens is 1. The zero-order valence-corrected chi connectivity index (χ0v) is 26.2. The predicted octanol–water partition coefficient (Wildman–Crippen LogP) is 6.00. The molecule has 0 radical (unpaired) electrons. The van der Waals surface area contributed by atoms with Crippen molar-refractivity contribution >= 4 is 51.8 Å². The van der Waals surface area contributed by atoms with E-state index in [-0.39, 0.29) is 22.8 Å². The fourth-order valence-corrected chi connectivity index (χ4v) is 6.72. The van der Waals surface area contributed by atoms with Crippen LogP contribution in [-0.4, -0.2) is 45.9 Å². The van der Waals surface area contributed by atoms with Crippen molar-refractivity contribution in [3.05, 3.63) is 97.4 Å². The fourth-order valence-electron chi connectivity index (χ4n) is 5.48. The molecule has 0 N–H and O–H groups in total. The predicted molar refractivity (Wildman–Crippen MR) is 176 cm³/mol. The molecule has 0 unspecified atom stereocenters. The summed E-state index contributed by atoms with van der Waals surface area (Å²) < 4.78 is 15.7. The van der Waals surface area contributed by atoms with Gasteiger partial charge >= 0.3 is 0 Å². The summed E-state index contributed by atoms with van der Waals surface area (Å²) in [5, 5.41) is 10.0. The minimum atomic E-state index is -0.312. The number of thioether (sulfide) groups is 1. The zero-order chi connectivity index (χ0) is 30.7. The molecule has 7 nitrogen and oxygen atoms in total. The van der Waals surface area contributed by atoms with E-state index < -0.39 is 0 Å². The number of piperazine rings is 1. The van der Waals surface area contributed by atoms with Gasteiger partial charge in [0.15, 0.2) is 0 Å². The smallest absolute Gasteiger partial charge is 0.270 e. The van der Waals surface area contributed by atoms with Crippen molar-refractivity contribution in [2.24, 2.45) is 0 Å². The Morgan fingerprint density at radius 3 is 2.28 bits per heavy atom. The van der Waals surface area contributed by atoms with Crippen LogP contribution in [0.25, 0.3) is 6.08 Å². The first-order chi connectivity index (χ1) is 20.7. The van der Waals surface area contributed by atoms with Crippen molar-refractivity contribution < 1.29 is 9.18 Å². The molecule has 0 saturated carbocycles. The van der Waals surface area contributed by atoms with Crippen molar-refractivity contribution in [1.29, 1.82) is 5.26 Å². The van der Waals surface area contributed by atoms with E-state index in [1.807, 2.05) is 37.3 Å². The van der Waals surface area contributed by atoms with Crippen molar-refractivity contribution in [3.8, 4) is 6.07 Å². The highest BCUT2D eigenvalue weighted by atomic mass is 32.2. The molecule has 43 heavy (non-hydrogen) atoms. The van der Waals surface area contributed by atoms with Crippen LogP contribution in [0.5, 0.6) is 0 Å². The fraction of sp³-hybridized carbons (Fsp3) is 0.333. The second-order valence-electron chi connectivity index (χ2n) is 10.9. The van der Waals surface area contributed by atoms with Gasteiger partial charge in [0, 0.05) is 44.0 Å². The number of carbonyl (C=O) groups is 1. The molecule has 1 aromatic heterocycles. The van der Waals surface area contributed by atoms with Gasteiger partial charge in [-0.05, 0) is 61.7 Å². The Balaban J connectivity index is 1.53. The average Bonchev–Trinajstić information content (AvgIpc) is 3.27. The summed E-state index contributed by atoms with van der Waals surface area (Å²) in [6.45, 7) is 9.27. The molecule has 0 spiro atoms. The Hall–Kier alpha value is -3.94. The van der Waals surface area contributed by atoms with Crippen molar-refractivity contribution in [3.63, 3.8) is 0 Å². The number of rotatable bonds is 8. The van der Waals surface area contributed by atoms with Gasteiger partial charge in [-0.2, -0.15) is 5.26 Å². The summed E-state index contributed by atoms with van der Waals surface area (Å²) in [7, 11) is 0. The minimum Gasteiger partial charge on any atom is -0.368 e. The first-order valence-corrected chi connectivity index (χ1v) is 15.7. The Morgan fingerprint density at radius 1 is 1.00 bits per heavy atom. The van der Waals surface area contributed by atoms with E-state index in [1.165, 1.54) is 23.9 Å². The normalized spacial score (nSPS) is 16.3. The maximum atomic E-state index is 13.7. The quantitative estimate of drug-likeness (QED) is 0.227. The molecule has 3 aromatic rings. The van der Waals surface area contributed by atoms with Gasteiger partial charge in [0.1, 0.15) is 27.6 Å². The number of thiocarbonyl (C=S) groups is 1. The summed E-state index contributed by atoms with van der Waals surface area (Å²) in [6.07, 6.45) is 3.47. The molecule has 0 atom stereocenters. The number of hydrogen-bond donors (Lipinski definition) is 0. The van der Waals surface area contributed by atoms with Crippen molar-refractivity contribution in [2.45, 2.75) is 46.7 Å². The van der Waals surface area contributed by atoms with Crippen molar-refractivity contribution in [1.82, 2.24) is 9.47 Å². The number of unbranched alkanes of at least 4 members (excludes halogenated alkanes) is 1. The molecule has 1 amide bonds. The number of hydrogen-bond acceptors (Lipinski definition) is 7. The maximum Gasteiger partial charge on any atom is 0.270 e. The standard InChI is InChI=1S/C33H34FN5O2S2/c1-4-5-14-38-30(37-17-15-36(16-18-37)26-12-10-25(34)11-13-26)27(23(3)28(20-35)31(38)40)19-29-32(41)39(33(42)43-29)21-24-8-6-22(2)7-9-24/h6-13,19H,4-5,14-18,21H2,1-3H3. The van der Waals surface area contributed by atoms with E-state index >= 15 is 0 Å². The Kier molecular flexibility index (Phi) is 9.33. The lowest BCUT2D eigenvalue weighted by Gasteiger charge is -2.39. The van der Waals surface area contributed by atoms with Gasteiger partial charge in [-0.15, -0.1) is 0 Å². The zero-order valence-electron chi connectivity index (χ0n) is 24.6. The summed E-state index contributed by atoms with van der Waals surface area (Å²) in [5.74, 6) is 0.258. The van der Waals surface area contributed by atoms with E-state index in [0.29, 0.717) is 59.6 Å². The molecule has 222 valence electrons. The number of amides is 1. The van der Waals surface area contributed by atoms with Crippen LogP contribution in [0.2, 0.25) is 0 Å². The number of anilines is 2. The van der Waals surface area contributed by atoms with Crippen LogP contribution in [0.4, 0.5) is 15.9 Å². The number of carbonyl (C=O) groups excluding carboxylic acids is 1. The van der Waals surface area contributed by atoms with Gasteiger partial charge in [-0.25, -0.2) is 4.39 Å². The van der Waals surface area contributed by atoms with Crippen LogP contribution in [0.3, 0.4) is 0 Å². The van der Waals surface area contributed by atoms with Crippen molar-refractivity contribution in [2.75, 3.05) is 36.0 Å². The summed E-state index contributed by atoms with van der Waals surface area (Å²) >= 11 is 6.87. The first-order valence-electron chi connectivity index (χ1n) is 14.5. The summed E-state index contributed by atoms with van der Waals surface area (Å²) in [5.41, 5.74) is 4.09. The van der Waals surface area contributed by atoms with E-state index in [2.05, 4.69) is 22.8 Å². The Labute approximate surface area is 261 Å². The maximum absolute atomic E-state index is 13.7. The average molecular weight is 616 g/mol. The van der Waals surface area contributed by atoms with Crippen LogP contribution < -0.4 is 15.4 Å². The molecular formula is C33H34FN5O2S2. The lowest BCUT2D eigenvalue weighted by molar-refractivity contribution is -0.122. The number of aryl methyl sites for hydroxylation is 1. The van der Waals surface area contributed by atoms with Crippen LogP contribution in [0, 0.1) is 31.0 Å². The molecule has 2 saturated heterocycles. The van der Waals surface area contributed by atoms with Crippen LogP contribution in [0.15, 0.2) is 58.2 Å². The van der Waals surface area contributed by atoms with Gasteiger partial charge in [0.05, 0.1) is 11.4 Å². The number of benzene rings is 2. The molecule has 5 rings (SSSR count). The van der Waals surface area contributed by atoms with E-state index in [0.717, 1.165) is 35.5 Å². The highest BCUT2D eigenvalue weighted by Gasteiger charge is 2.34. The third-order valence-corrected chi connectivity index (χ3v) is 9.34. The second-order valence-corrected chi connectivity index (χ2v) is 12.5. The van der Waals surface area contributed by atoms with Gasteiger partial charge in [-0.3, -0.25) is 19.1 Å². The van der Waals surface area contributed by atoms with Crippen LogP contribution in [-0.2, 0) is 17.9 Å². The molecule has 0 bridgehead atoms. The number of aromatic nitrogens is 1. The highest BCUT2D eigenvalue weighted by Crippen LogP contribution is 2.37. The van der Waals surface area contributed by atoms with Gasteiger partial charge < -0.3 is 9.80 Å². The first kappa shape index (κ1) is 30.5. The second kappa shape index (κ2) is 13.1. The third-order valence-electron chi connectivity index (χ3n) is 7.96. The molecule has 0 aliphatic carbocycles. The molecule has 2 aliphatic rings. The van der Waals surface area contributed by atoms with E-state index in [4.69, 9.17) is 12.2 Å². The molecular weight excluding hydrogens is 582 g/mol. The van der Waals surface area contributed by atoms with Gasteiger partial charge in [0.2, 0.25) is 0 Å². The molecule has 3 heterocycles. The van der Waals surface area contributed by atoms with Gasteiger partial charge in [-0.1, -0.05) is 67.2 Å². The molecule has 2 aliphatic heterocycles. The monoisotopic (exact) mass is 615 g/mol. The van der Waals surface area contributed by atoms with Crippen LogP contribution in [0.1, 0.15) is 47.6 Å². The van der Waals surface area contributed by atoms with Gasteiger partial charge in [0.25, 0.3) is 11.5 Å². The third kappa shape index (κ3) is 6.38. The summed E-state index contributed by atoms with van der Waals surface area (Å²) in [4.78, 5) is 33.7. The highest BCUT2D eigenvalue weighted by molar-refractivity contribution is 8.26. The number of nitriles is 1. The molecule has 2 fully saturated rings. The summed E-state index contributed by atoms with van der Waals surface area (Å²) in [6, 6.07) is 16.6. The Bertz CT molecular complexity index is 1670. The largest absolute Gasteiger partial charge is 0.368 e. The topological polar surface area (TPSA) is 72.6 Å². The van der Waals surface area contributed by atoms with E-state index in [9.17, 15) is 19.2 Å². The lowest BCUT2D eigenvalue weighted by atomic mass is 10.0. The molecule has 10 heteroatoms. The number of pyridine rings is 1. The molecule has 2 aromatic carbocycles. The lowest BCUT2D eigenvalue weighted by Crippen LogP contribution is -2.48. The van der Waals surface area contributed by atoms with E-state index in [1.54, 1.807) is 28.5 Å².